The van der Waals surface area contributed by atoms with E-state index < -0.39 is 17.7 Å². The van der Waals surface area contributed by atoms with Crippen LogP contribution in [0.15, 0.2) is 36.7 Å². The lowest BCUT2D eigenvalue weighted by atomic mass is 10.1. The van der Waals surface area contributed by atoms with Crippen molar-refractivity contribution in [3.63, 3.8) is 0 Å². The third kappa shape index (κ3) is 5.80. The normalized spacial score (nSPS) is 12.4. The predicted molar refractivity (Wildman–Crippen MR) is 98.5 cm³/mol. The SMILES string of the molecule is CN(CC(=O)NC(c1ccc(F)cc1)c1nccn1C)C(=O)OC(C)(C)C. The molecule has 0 aliphatic heterocycles. The molecule has 0 saturated heterocycles. The Morgan fingerprint density at radius 2 is 1.93 bits per heavy atom. The van der Waals surface area contributed by atoms with Gasteiger partial charge >= 0.3 is 6.09 Å². The number of ether oxygens (including phenoxy) is 1. The molecule has 146 valence electrons. The highest BCUT2D eigenvalue weighted by molar-refractivity contribution is 5.82. The fourth-order valence-electron chi connectivity index (χ4n) is 2.43. The van der Waals surface area contributed by atoms with Gasteiger partial charge < -0.3 is 19.5 Å². The number of amides is 2. The van der Waals surface area contributed by atoms with Gasteiger partial charge in [0.25, 0.3) is 0 Å². The van der Waals surface area contributed by atoms with Gasteiger partial charge in [0.1, 0.15) is 29.8 Å². The van der Waals surface area contributed by atoms with Crippen molar-refractivity contribution in [3.8, 4) is 0 Å². The quantitative estimate of drug-likeness (QED) is 0.870. The Kier molecular flexibility index (Phi) is 6.20. The summed E-state index contributed by atoms with van der Waals surface area (Å²) in [6, 6.07) is 5.25. The number of halogens is 1. The third-order valence-electron chi connectivity index (χ3n) is 3.71. The summed E-state index contributed by atoms with van der Waals surface area (Å²) in [5.74, 6) is -0.163. The number of carbonyl (C=O) groups is 2. The highest BCUT2D eigenvalue weighted by atomic mass is 19.1. The summed E-state index contributed by atoms with van der Waals surface area (Å²) < 4.78 is 20.3. The van der Waals surface area contributed by atoms with Gasteiger partial charge in [0.2, 0.25) is 5.91 Å². The molecule has 0 aliphatic rings. The Bertz CT molecular complexity index is 796. The lowest BCUT2D eigenvalue weighted by Crippen LogP contribution is -2.42. The second kappa shape index (κ2) is 8.20. The molecule has 0 aliphatic carbocycles. The van der Waals surface area contributed by atoms with Crippen LogP contribution >= 0.6 is 0 Å². The lowest BCUT2D eigenvalue weighted by molar-refractivity contribution is -0.122. The van der Waals surface area contributed by atoms with Crippen LogP contribution in [0.25, 0.3) is 0 Å². The molecule has 0 fully saturated rings. The number of benzene rings is 1. The molecular weight excluding hydrogens is 351 g/mol. The van der Waals surface area contributed by atoms with E-state index in [0.29, 0.717) is 11.4 Å². The van der Waals surface area contributed by atoms with Crippen LogP contribution in [0.3, 0.4) is 0 Å². The minimum absolute atomic E-state index is 0.184. The standard InChI is InChI=1S/C19H25FN4O3/c1-19(2,3)27-18(26)24(5)12-15(25)22-16(17-21-10-11-23(17)4)13-6-8-14(20)9-7-13/h6-11,16H,12H2,1-5H3,(H,22,25). The number of nitrogens with one attached hydrogen (secondary N) is 1. The van der Waals surface area contributed by atoms with Crippen molar-refractivity contribution >= 4 is 12.0 Å². The van der Waals surface area contributed by atoms with Gasteiger partial charge in [-0.2, -0.15) is 0 Å². The van der Waals surface area contributed by atoms with Crippen molar-refractivity contribution in [2.24, 2.45) is 7.05 Å². The van der Waals surface area contributed by atoms with Gasteiger partial charge in [-0.05, 0) is 38.5 Å². The van der Waals surface area contributed by atoms with E-state index in [1.54, 1.807) is 56.9 Å². The Balaban J connectivity index is 2.13. The first kappa shape index (κ1) is 20.4. The molecule has 8 heteroatoms. The van der Waals surface area contributed by atoms with E-state index in [1.807, 2.05) is 0 Å². The van der Waals surface area contributed by atoms with Gasteiger partial charge in [-0.25, -0.2) is 14.2 Å². The van der Waals surface area contributed by atoms with E-state index in [-0.39, 0.29) is 18.3 Å². The average molecular weight is 376 g/mol. The van der Waals surface area contributed by atoms with Gasteiger partial charge in [0.15, 0.2) is 0 Å². The van der Waals surface area contributed by atoms with Crippen LogP contribution in [0.1, 0.15) is 38.2 Å². The van der Waals surface area contributed by atoms with E-state index in [4.69, 9.17) is 4.74 Å². The van der Waals surface area contributed by atoms with Crippen molar-refractivity contribution < 1.29 is 18.7 Å². The molecule has 7 nitrogen and oxygen atoms in total. The smallest absolute Gasteiger partial charge is 0.410 e. The third-order valence-corrected chi connectivity index (χ3v) is 3.71. The van der Waals surface area contributed by atoms with E-state index >= 15 is 0 Å². The molecule has 2 rings (SSSR count). The number of aryl methyl sites for hydroxylation is 1. The number of nitrogens with zero attached hydrogens (tertiary/aromatic N) is 3. The van der Waals surface area contributed by atoms with Crippen molar-refractivity contribution in [3.05, 3.63) is 53.9 Å². The summed E-state index contributed by atoms with van der Waals surface area (Å²) in [6.07, 6.45) is 2.78. The van der Waals surface area contributed by atoms with Crippen LogP contribution in [-0.2, 0) is 16.6 Å². The summed E-state index contributed by atoms with van der Waals surface area (Å²) in [4.78, 5) is 30.0. The minimum Gasteiger partial charge on any atom is -0.444 e. The number of rotatable bonds is 5. The molecule has 0 bridgehead atoms. The first-order chi connectivity index (χ1) is 12.6. The molecular formula is C19H25FN4O3. The summed E-state index contributed by atoms with van der Waals surface area (Å²) in [5, 5.41) is 2.85. The number of carbonyl (C=O) groups excluding carboxylic acids is 2. The van der Waals surface area contributed by atoms with Gasteiger partial charge in [-0.3, -0.25) is 4.79 Å². The monoisotopic (exact) mass is 376 g/mol. The first-order valence-corrected chi connectivity index (χ1v) is 8.53. The van der Waals surface area contributed by atoms with E-state index in [0.717, 1.165) is 0 Å². The van der Waals surface area contributed by atoms with Crippen molar-refractivity contribution in [1.82, 2.24) is 19.8 Å². The maximum Gasteiger partial charge on any atom is 0.410 e. The van der Waals surface area contributed by atoms with Crippen molar-refractivity contribution in [2.45, 2.75) is 32.4 Å². The molecule has 1 atom stereocenters. The molecule has 1 unspecified atom stereocenters. The lowest BCUT2D eigenvalue weighted by Gasteiger charge is -2.25. The first-order valence-electron chi connectivity index (χ1n) is 8.53. The summed E-state index contributed by atoms with van der Waals surface area (Å²) in [7, 11) is 3.29. The molecule has 1 aromatic carbocycles. The Hall–Kier alpha value is -2.90. The van der Waals surface area contributed by atoms with Gasteiger partial charge in [0, 0.05) is 26.5 Å². The Morgan fingerprint density at radius 1 is 1.30 bits per heavy atom. The van der Waals surface area contributed by atoms with Crippen LogP contribution in [0, 0.1) is 5.82 Å². The minimum atomic E-state index is -0.647. The zero-order valence-corrected chi connectivity index (χ0v) is 16.2. The number of hydrogen-bond acceptors (Lipinski definition) is 4. The number of hydrogen-bond donors (Lipinski definition) is 1. The average Bonchev–Trinajstić information content (AvgIpc) is 2.97. The topological polar surface area (TPSA) is 76.5 Å². The van der Waals surface area contributed by atoms with E-state index in [9.17, 15) is 14.0 Å². The molecule has 0 spiro atoms. The fraction of sp³-hybridized carbons (Fsp3) is 0.421. The van der Waals surface area contributed by atoms with Gasteiger partial charge in [0.05, 0.1) is 0 Å². The molecule has 0 radical (unpaired) electrons. The molecule has 1 heterocycles. The van der Waals surface area contributed by atoms with Crippen molar-refractivity contribution in [1.29, 1.82) is 0 Å². The van der Waals surface area contributed by atoms with E-state index in [2.05, 4.69) is 10.3 Å². The Labute approximate surface area is 158 Å². The Morgan fingerprint density at radius 3 is 2.44 bits per heavy atom. The summed E-state index contributed by atoms with van der Waals surface area (Å²) in [5.41, 5.74) is 0.0322. The molecule has 0 saturated carbocycles. The van der Waals surface area contributed by atoms with Gasteiger partial charge in [-0.15, -0.1) is 0 Å². The molecule has 2 amide bonds. The van der Waals surface area contributed by atoms with Gasteiger partial charge in [-0.1, -0.05) is 12.1 Å². The van der Waals surface area contributed by atoms with Crippen LogP contribution in [0.5, 0.6) is 0 Å². The molecule has 2 aromatic rings. The fourth-order valence-corrected chi connectivity index (χ4v) is 2.43. The second-order valence-electron chi connectivity index (χ2n) is 7.28. The van der Waals surface area contributed by atoms with Crippen LogP contribution in [-0.4, -0.2) is 45.6 Å². The maximum absolute atomic E-state index is 13.3. The molecule has 1 aromatic heterocycles. The summed E-state index contributed by atoms with van der Waals surface area (Å²) >= 11 is 0. The number of likely N-dealkylation sites (N-methyl/N-ethyl adjacent to an activating group) is 1. The number of aromatic nitrogens is 2. The maximum atomic E-state index is 13.3. The predicted octanol–water partition coefficient (Wildman–Crippen LogP) is 2.63. The van der Waals surface area contributed by atoms with E-state index in [1.165, 1.54) is 24.1 Å². The zero-order chi connectivity index (χ0) is 20.2. The van der Waals surface area contributed by atoms with Crippen molar-refractivity contribution in [2.75, 3.05) is 13.6 Å². The van der Waals surface area contributed by atoms with Crippen LogP contribution in [0.2, 0.25) is 0 Å². The molecule has 1 N–H and O–H groups in total. The van der Waals surface area contributed by atoms with Crippen LogP contribution < -0.4 is 5.32 Å². The summed E-state index contributed by atoms with van der Waals surface area (Å²) in [6.45, 7) is 5.08. The second-order valence-corrected chi connectivity index (χ2v) is 7.28. The highest BCUT2D eigenvalue weighted by Crippen LogP contribution is 2.21. The largest absolute Gasteiger partial charge is 0.444 e. The van der Waals surface area contributed by atoms with Crippen LogP contribution in [0.4, 0.5) is 9.18 Å². The zero-order valence-electron chi connectivity index (χ0n) is 16.2. The molecule has 27 heavy (non-hydrogen) atoms. The number of imidazole rings is 1. The highest BCUT2D eigenvalue weighted by Gasteiger charge is 2.24.